The molecule has 0 unspecified atom stereocenters. The smallest absolute Gasteiger partial charge is 0.355 e. The number of ether oxygens (including phenoxy) is 1. The number of carbonyl (C=O) groups is 2. The maximum atomic E-state index is 12.9. The maximum absolute atomic E-state index is 12.9. The lowest BCUT2D eigenvalue weighted by Crippen LogP contribution is -2.37. The van der Waals surface area contributed by atoms with Crippen LogP contribution in [0.15, 0.2) is 59.7 Å². The lowest BCUT2D eigenvalue weighted by Gasteiger charge is -2.19. The summed E-state index contributed by atoms with van der Waals surface area (Å²) in [5.41, 5.74) is 4.35. The van der Waals surface area contributed by atoms with Crippen LogP contribution in [0.1, 0.15) is 28.8 Å². The fourth-order valence-electron chi connectivity index (χ4n) is 2.83. The van der Waals surface area contributed by atoms with Crippen molar-refractivity contribution in [3.63, 3.8) is 0 Å². The Morgan fingerprint density at radius 3 is 2.44 bits per heavy atom. The molecule has 5 nitrogen and oxygen atoms in total. The molecule has 0 amide bonds. The molecular formula is C19H17ClN2O3. The van der Waals surface area contributed by atoms with Crippen molar-refractivity contribution in [2.45, 2.75) is 18.9 Å². The van der Waals surface area contributed by atoms with E-state index in [1.807, 2.05) is 30.3 Å². The number of nitrogens with zero attached hydrogens (tertiary/aromatic N) is 1. The molecule has 1 aliphatic heterocycles. The van der Waals surface area contributed by atoms with Gasteiger partial charge >= 0.3 is 5.97 Å². The molecule has 6 heteroatoms. The highest BCUT2D eigenvalue weighted by Gasteiger charge is 2.41. The van der Waals surface area contributed by atoms with E-state index in [4.69, 9.17) is 16.3 Å². The van der Waals surface area contributed by atoms with Gasteiger partial charge in [-0.1, -0.05) is 41.9 Å². The van der Waals surface area contributed by atoms with E-state index in [2.05, 4.69) is 10.5 Å². The monoisotopic (exact) mass is 356 g/mol. The summed E-state index contributed by atoms with van der Waals surface area (Å²) < 4.78 is 5.09. The van der Waals surface area contributed by atoms with E-state index in [1.165, 1.54) is 0 Å². The van der Waals surface area contributed by atoms with Gasteiger partial charge in [-0.05, 0) is 36.8 Å². The Morgan fingerprint density at radius 2 is 1.80 bits per heavy atom. The van der Waals surface area contributed by atoms with Crippen molar-refractivity contribution < 1.29 is 14.3 Å². The van der Waals surface area contributed by atoms with Gasteiger partial charge in [-0.3, -0.25) is 10.2 Å². The predicted octanol–water partition coefficient (Wildman–Crippen LogP) is 3.20. The number of nitrogens with one attached hydrogen (secondary N) is 1. The molecule has 1 aliphatic rings. The number of esters is 1. The lowest BCUT2D eigenvalue weighted by molar-refractivity contribution is -0.135. The third-order valence-corrected chi connectivity index (χ3v) is 4.26. The van der Waals surface area contributed by atoms with Gasteiger partial charge in [0.05, 0.1) is 12.5 Å². The van der Waals surface area contributed by atoms with E-state index >= 15 is 0 Å². The zero-order valence-corrected chi connectivity index (χ0v) is 14.4. The van der Waals surface area contributed by atoms with Crippen molar-refractivity contribution in [2.75, 3.05) is 6.61 Å². The molecule has 0 aromatic heterocycles. The number of hydrogen-bond donors (Lipinski definition) is 1. The summed E-state index contributed by atoms with van der Waals surface area (Å²) in [6.07, 6.45) is 0. The highest BCUT2D eigenvalue weighted by Crippen LogP contribution is 2.29. The van der Waals surface area contributed by atoms with Crippen LogP contribution >= 0.6 is 11.6 Å². The van der Waals surface area contributed by atoms with Crippen molar-refractivity contribution in [1.29, 1.82) is 0 Å². The standard InChI is InChI=1S/C19H17ClN2O3/c1-2-25-19(24)17-15(12-6-4-3-5-7-12)16(21-22-17)18(23)13-8-10-14(20)11-9-13/h3-11,15-16,21H,2H2,1H3/t15-,16+/m0/s1. The largest absolute Gasteiger partial charge is 0.461 e. The van der Waals surface area contributed by atoms with Crippen molar-refractivity contribution in [1.82, 2.24) is 5.43 Å². The van der Waals surface area contributed by atoms with E-state index in [-0.39, 0.29) is 18.1 Å². The average Bonchev–Trinajstić information content (AvgIpc) is 3.08. The Labute approximate surface area is 150 Å². The maximum Gasteiger partial charge on any atom is 0.355 e. The minimum absolute atomic E-state index is 0.159. The van der Waals surface area contributed by atoms with E-state index in [1.54, 1.807) is 31.2 Å². The molecule has 0 spiro atoms. The number of carbonyl (C=O) groups excluding carboxylic acids is 2. The number of hydrogen-bond acceptors (Lipinski definition) is 5. The first-order chi connectivity index (χ1) is 12.1. The van der Waals surface area contributed by atoms with Crippen molar-refractivity contribution in [2.24, 2.45) is 5.10 Å². The van der Waals surface area contributed by atoms with Crippen molar-refractivity contribution >= 4 is 29.1 Å². The summed E-state index contributed by atoms with van der Waals surface area (Å²) in [4.78, 5) is 25.2. The summed E-state index contributed by atoms with van der Waals surface area (Å²) in [5, 5.41) is 4.66. The molecule has 2 aromatic rings. The second-order valence-electron chi connectivity index (χ2n) is 5.58. The number of Topliss-reactive ketones (excluding diaryl/α,β-unsaturated/α-hetero) is 1. The van der Waals surface area contributed by atoms with Crippen molar-refractivity contribution in [3.05, 3.63) is 70.7 Å². The zero-order valence-electron chi connectivity index (χ0n) is 13.6. The Kier molecular flexibility index (Phi) is 5.14. The summed E-state index contributed by atoms with van der Waals surface area (Å²) in [6.45, 7) is 1.98. The highest BCUT2D eigenvalue weighted by atomic mass is 35.5. The van der Waals surface area contributed by atoms with E-state index < -0.39 is 17.9 Å². The normalized spacial score (nSPS) is 19.0. The van der Waals surface area contributed by atoms with Crippen LogP contribution in [0, 0.1) is 0 Å². The summed E-state index contributed by atoms with van der Waals surface area (Å²) in [6, 6.07) is 15.3. The molecule has 2 aromatic carbocycles. The van der Waals surface area contributed by atoms with Gasteiger partial charge in [-0.2, -0.15) is 5.10 Å². The molecule has 1 heterocycles. The molecule has 25 heavy (non-hydrogen) atoms. The van der Waals surface area contributed by atoms with Gasteiger partial charge in [0.2, 0.25) is 0 Å². The van der Waals surface area contributed by atoms with Crippen molar-refractivity contribution in [3.8, 4) is 0 Å². The molecule has 1 N–H and O–H groups in total. The van der Waals surface area contributed by atoms with Crippen LogP contribution in [0.4, 0.5) is 0 Å². The average molecular weight is 357 g/mol. The van der Waals surface area contributed by atoms with E-state index in [0.29, 0.717) is 10.6 Å². The topological polar surface area (TPSA) is 67.8 Å². The van der Waals surface area contributed by atoms with E-state index in [9.17, 15) is 9.59 Å². The summed E-state index contributed by atoms with van der Waals surface area (Å²) in [7, 11) is 0. The molecule has 0 saturated heterocycles. The molecule has 0 radical (unpaired) electrons. The second kappa shape index (κ2) is 7.49. The van der Waals surface area contributed by atoms with Gasteiger partial charge in [-0.15, -0.1) is 0 Å². The molecule has 0 aliphatic carbocycles. The van der Waals surface area contributed by atoms with Gasteiger partial charge in [0.15, 0.2) is 11.5 Å². The van der Waals surface area contributed by atoms with Gasteiger partial charge in [0.25, 0.3) is 0 Å². The van der Waals surface area contributed by atoms with Crippen LogP contribution < -0.4 is 5.43 Å². The molecular weight excluding hydrogens is 340 g/mol. The van der Waals surface area contributed by atoms with Gasteiger partial charge in [0.1, 0.15) is 6.04 Å². The fourth-order valence-corrected chi connectivity index (χ4v) is 2.96. The van der Waals surface area contributed by atoms with Crippen LogP contribution in [0.3, 0.4) is 0 Å². The summed E-state index contributed by atoms with van der Waals surface area (Å²) in [5.74, 6) is -1.19. The highest BCUT2D eigenvalue weighted by molar-refractivity contribution is 6.40. The third kappa shape index (κ3) is 3.56. The third-order valence-electron chi connectivity index (χ3n) is 4.01. The summed E-state index contributed by atoms with van der Waals surface area (Å²) >= 11 is 5.89. The Hall–Kier alpha value is -2.66. The Bertz CT molecular complexity index is 803. The molecule has 0 bridgehead atoms. The second-order valence-corrected chi connectivity index (χ2v) is 6.02. The molecule has 0 fully saturated rings. The minimum atomic E-state index is -0.678. The van der Waals surface area contributed by atoms with Crippen LogP contribution in [0.25, 0.3) is 0 Å². The molecule has 3 rings (SSSR count). The van der Waals surface area contributed by atoms with E-state index in [0.717, 1.165) is 5.56 Å². The van der Waals surface area contributed by atoms with Crippen LogP contribution in [-0.4, -0.2) is 30.1 Å². The van der Waals surface area contributed by atoms with Gasteiger partial charge in [-0.25, -0.2) is 4.79 Å². The number of ketones is 1. The molecule has 128 valence electrons. The Morgan fingerprint density at radius 1 is 1.12 bits per heavy atom. The predicted molar refractivity (Wildman–Crippen MR) is 96.0 cm³/mol. The first-order valence-corrected chi connectivity index (χ1v) is 8.34. The quantitative estimate of drug-likeness (QED) is 0.660. The van der Waals surface area contributed by atoms with Gasteiger partial charge < -0.3 is 4.74 Å². The number of benzene rings is 2. The lowest BCUT2D eigenvalue weighted by atomic mass is 9.84. The number of hydrazone groups is 1. The first kappa shape index (κ1) is 17.2. The van der Waals surface area contributed by atoms with Crippen LogP contribution in [0.2, 0.25) is 5.02 Å². The minimum Gasteiger partial charge on any atom is -0.461 e. The van der Waals surface area contributed by atoms with Gasteiger partial charge in [0, 0.05) is 10.6 Å². The first-order valence-electron chi connectivity index (χ1n) is 7.96. The molecule has 0 saturated carbocycles. The fraction of sp³-hybridized carbons (Fsp3) is 0.211. The zero-order chi connectivity index (χ0) is 17.8. The Balaban J connectivity index is 1.94. The molecule has 2 atom stereocenters. The number of rotatable bonds is 5. The SMILES string of the molecule is CCOC(=O)C1=NN[C@@H](C(=O)c2ccc(Cl)cc2)[C@@H]1c1ccccc1. The number of halogens is 1. The van der Waals surface area contributed by atoms with Crippen LogP contribution in [-0.2, 0) is 9.53 Å². The van der Waals surface area contributed by atoms with Crippen LogP contribution in [0.5, 0.6) is 0 Å².